The van der Waals surface area contributed by atoms with Crippen LogP contribution in [-0.4, -0.2) is 49.3 Å². The number of ether oxygens (including phenoxy) is 1. The molecule has 0 radical (unpaired) electrons. The summed E-state index contributed by atoms with van der Waals surface area (Å²) < 4.78 is 7.73. The number of hydrogen-bond acceptors (Lipinski definition) is 6. The summed E-state index contributed by atoms with van der Waals surface area (Å²) in [4.78, 5) is 4.89. The second-order valence-electron chi connectivity index (χ2n) is 7.32. The molecule has 1 fully saturated rings. The Bertz CT molecular complexity index is 925. The van der Waals surface area contributed by atoms with Crippen LogP contribution in [0.4, 0.5) is 0 Å². The molecule has 0 aliphatic carbocycles. The molecule has 138 valence electrons. The first-order valence-corrected chi connectivity index (χ1v) is 8.82. The normalized spacial score (nSPS) is 21.4. The Morgan fingerprint density at radius 3 is 2.85 bits per heavy atom. The van der Waals surface area contributed by atoms with Crippen LogP contribution < -0.4 is 5.32 Å². The SMILES string of the molecule is CC1NCCO[C@H]1c1cc(C(C)(C)O)c2c(n1)c(-c1cc[nH]n1)nn2C. The molecule has 1 saturated heterocycles. The van der Waals surface area contributed by atoms with Gasteiger partial charge in [0, 0.05) is 31.4 Å². The first kappa shape index (κ1) is 17.1. The van der Waals surface area contributed by atoms with E-state index >= 15 is 0 Å². The zero-order valence-corrected chi connectivity index (χ0v) is 15.4. The number of aromatic amines is 1. The lowest BCUT2D eigenvalue weighted by Crippen LogP contribution is -2.41. The number of rotatable bonds is 3. The second-order valence-corrected chi connectivity index (χ2v) is 7.32. The minimum atomic E-state index is -1.04. The van der Waals surface area contributed by atoms with E-state index < -0.39 is 5.60 Å². The van der Waals surface area contributed by atoms with Gasteiger partial charge in [-0.1, -0.05) is 0 Å². The number of nitrogens with one attached hydrogen (secondary N) is 2. The zero-order chi connectivity index (χ0) is 18.5. The van der Waals surface area contributed by atoms with E-state index in [0.717, 1.165) is 34.5 Å². The third kappa shape index (κ3) is 2.80. The Morgan fingerprint density at radius 1 is 1.38 bits per heavy atom. The van der Waals surface area contributed by atoms with Crippen molar-refractivity contribution in [1.29, 1.82) is 0 Å². The maximum Gasteiger partial charge on any atom is 0.139 e. The molecule has 8 nitrogen and oxygen atoms in total. The van der Waals surface area contributed by atoms with E-state index in [4.69, 9.17) is 9.72 Å². The lowest BCUT2D eigenvalue weighted by Gasteiger charge is -2.31. The van der Waals surface area contributed by atoms with Gasteiger partial charge in [0.25, 0.3) is 0 Å². The van der Waals surface area contributed by atoms with Crippen LogP contribution in [0.1, 0.15) is 38.1 Å². The Morgan fingerprint density at radius 2 is 2.19 bits per heavy atom. The highest BCUT2D eigenvalue weighted by molar-refractivity contribution is 5.91. The minimum Gasteiger partial charge on any atom is -0.386 e. The van der Waals surface area contributed by atoms with Gasteiger partial charge in [0.1, 0.15) is 23.0 Å². The van der Waals surface area contributed by atoms with Crippen molar-refractivity contribution < 1.29 is 9.84 Å². The highest BCUT2D eigenvalue weighted by Crippen LogP contribution is 2.35. The minimum absolute atomic E-state index is 0.133. The molecular weight excluding hydrogens is 332 g/mol. The topological polar surface area (TPSA) is 101 Å². The molecule has 2 atom stereocenters. The molecule has 0 saturated carbocycles. The summed E-state index contributed by atoms with van der Waals surface area (Å²) in [6.45, 7) is 7.08. The van der Waals surface area contributed by atoms with E-state index in [1.165, 1.54) is 0 Å². The van der Waals surface area contributed by atoms with Crippen molar-refractivity contribution in [2.75, 3.05) is 13.2 Å². The Balaban J connectivity index is 1.98. The van der Waals surface area contributed by atoms with Crippen LogP contribution in [0.25, 0.3) is 22.4 Å². The van der Waals surface area contributed by atoms with Crippen LogP contribution in [0, 0.1) is 0 Å². The third-order valence-electron chi connectivity index (χ3n) is 4.82. The van der Waals surface area contributed by atoms with Gasteiger partial charge in [-0.25, -0.2) is 4.98 Å². The fourth-order valence-electron chi connectivity index (χ4n) is 3.54. The first-order valence-electron chi connectivity index (χ1n) is 8.82. The van der Waals surface area contributed by atoms with Crippen molar-refractivity contribution in [3.8, 4) is 11.4 Å². The van der Waals surface area contributed by atoms with Gasteiger partial charge >= 0.3 is 0 Å². The van der Waals surface area contributed by atoms with Gasteiger partial charge in [0.2, 0.25) is 0 Å². The highest BCUT2D eigenvalue weighted by atomic mass is 16.5. The molecule has 0 bridgehead atoms. The van der Waals surface area contributed by atoms with Crippen LogP contribution in [0.15, 0.2) is 18.3 Å². The summed E-state index contributed by atoms with van der Waals surface area (Å²) in [5.74, 6) is 0. The number of aryl methyl sites for hydroxylation is 1. The van der Waals surface area contributed by atoms with Crippen molar-refractivity contribution in [3.63, 3.8) is 0 Å². The van der Waals surface area contributed by atoms with Crippen LogP contribution in [0.3, 0.4) is 0 Å². The van der Waals surface area contributed by atoms with Gasteiger partial charge in [0.15, 0.2) is 0 Å². The van der Waals surface area contributed by atoms with Gasteiger partial charge in [-0.2, -0.15) is 10.2 Å². The molecule has 0 spiro atoms. The summed E-state index contributed by atoms with van der Waals surface area (Å²) in [5.41, 5.74) is 3.45. The van der Waals surface area contributed by atoms with Crippen molar-refractivity contribution >= 4 is 11.0 Å². The van der Waals surface area contributed by atoms with Crippen molar-refractivity contribution in [1.82, 2.24) is 30.3 Å². The summed E-state index contributed by atoms with van der Waals surface area (Å²) in [6.07, 6.45) is 1.58. The molecule has 3 aromatic heterocycles. The molecule has 0 amide bonds. The quantitative estimate of drug-likeness (QED) is 0.659. The molecule has 3 N–H and O–H groups in total. The Labute approximate surface area is 151 Å². The molecule has 1 aliphatic heterocycles. The van der Waals surface area contributed by atoms with Crippen LogP contribution in [0.2, 0.25) is 0 Å². The van der Waals surface area contributed by atoms with Crippen LogP contribution in [0.5, 0.6) is 0 Å². The summed E-state index contributed by atoms with van der Waals surface area (Å²) in [6, 6.07) is 3.93. The highest BCUT2D eigenvalue weighted by Gasteiger charge is 2.31. The summed E-state index contributed by atoms with van der Waals surface area (Å²) in [5, 5.41) is 25.9. The molecule has 4 heterocycles. The lowest BCUT2D eigenvalue weighted by atomic mass is 9.94. The Hall–Kier alpha value is -2.29. The number of aromatic nitrogens is 5. The van der Waals surface area contributed by atoms with Gasteiger partial charge < -0.3 is 15.2 Å². The van der Waals surface area contributed by atoms with Crippen molar-refractivity contribution in [2.24, 2.45) is 7.05 Å². The molecule has 0 aromatic carbocycles. The number of fused-ring (bicyclic) bond motifs is 1. The molecule has 8 heteroatoms. The summed E-state index contributed by atoms with van der Waals surface area (Å²) in [7, 11) is 1.86. The fourth-order valence-corrected chi connectivity index (χ4v) is 3.54. The van der Waals surface area contributed by atoms with Gasteiger partial charge in [-0.3, -0.25) is 9.78 Å². The number of nitrogens with zero attached hydrogens (tertiary/aromatic N) is 4. The third-order valence-corrected chi connectivity index (χ3v) is 4.82. The number of hydrogen-bond donors (Lipinski definition) is 3. The average molecular weight is 356 g/mol. The molecule has 4 rings (SSSR count). The Kier molecular flexibility index (Phi) is 4.06. The number of morpholine rings is 1. The number of pyridine rings is 1. The number of aliphatic hydroxyl groups is 1. The largest absolute Gasteiger partial charge is 0.386 e. The van der Waals surface area contributed by atoms with Gasteiger partial charge in [-0.05, 0) is 32.9 Å². The van der Waals surface area contributed by atoms with E-state index in [9.17, 15) is 5.11 Å². The predicted octanol–water partition coefficient (Wildman–Crippen LogP) is 1.64. The standard InChI is InChI=1S/C18H24N6O2/c1-10-17(26-8-7-19-10)13-9-11(18(2,3)25)16-15(21-13)14(23-24(16)4)12-5-6-20-22-12/h5-6,9-10,17,19,25H,7-8H2,1-4H3,(H,20,22)/t10?,17-/m1/s1. The molecule has 1 aliphatic rings. The van der Waals surface area contributed by atoms with Gasteiger partial charge in [-0.15, -0.1) is 0 Å². The van der Waals surface area contributed by atoms with Crippen LogP contribution in [-0.2, 0) is 17.4 Å². The van der Waals surface area contributed by atoms with E-state index in [1.807, 2.05) is 19.2 Å². The number of H-pyrrole nitrogens is 1. The first-order chi connectivity index (χ1) is 12.4. The molecular formula is C18H24N6O2. The summed E-state index contributed by atoms with van der Waals surface area (Å²) >= 11 is 0. The van der Waals surface area contributed by atoms with Crippen molar-refractivity contribution in [2.45, 2.75) is 38.5 Å². The van der Waals surface area contributed by atoms with Gasteiger partial charge in [0.05, 0.1) is 23.4 Å². The van der Waals surface area contributed by atoms with E-state index in [2.05, 4.69) is 27.5 Å². The monoisotopic (exact) mass is 356 g/mol. The fraction of sp³-hybridized carbons (Fsp3) is 0.500. The zero-order valence-electron chi connectivity index (χ0n) is 15.4. The predicted molar refractivity (Wildman–Crippen MR) is 97.5 cm³/mol. The average Bonchev–Trinajstić information content (AvgIpc) is 3.22. The molecule has 3 aromatic rings. The van der Waals surface area contributed by atoms with E-state index in [1.54, 1.807) is 24.7 Å². The molecule has 1 unspecified atom stereocenters. The van der Waals surface area contributed by atoms with Crippen molar-refractivity contribution in [3.05, 3.63) is 29.6 Å². The lowest BCUT2D eigenvalue weighted by molar-refractivity contribution is -0.00297. The van der Waals surface area contributed by atoms with E-state index in [0.29, 0.717) is 12.3 Å². The van der Waals surface area contributed by atoms with Crippen LogP contribution >= 0.6 is 0 Å². The smallest absolute Gasteiger partial charge is 0.139 e. The van der Waals surface area contributed by atoms with E-state index in [-0.39, 0.29) is 12.1 Å². The maximum absolute atomic E-state index is 10.8. The maximum atomic E-state index is 10.8. The second kappa shape index (κ2) is 6.15. The molecule has 26 heavy (non-hydrogen) atoms.